The molecule has 3 heterocycles. The molecule has 176 valence electrons. The van der Waals surface area contributed by atoms with Gasteiger partial charge in [0, 0.05) is 50.4 Å². The van der Waals surface area contributed by atoms with E-state index in [-0.39, 0.29) is 11.4 Å². The maximum absolute atomic E-state index is 11.1. The van der Waals surface area contributed by atoms with Gasteiger partial charge in [-0.1, -0.05) is 0 Å². The normalized spacial score (nSPS) is 15.3. The number of hydrogen-bond donors (Lipinski definition) is 0. The molecular formula is C20H18N6O4S4. The van der Waals surface area contributed by atoms with Crippen LogP contribution < -0.4 is 0 Å². The van der Waals surface area contributed by atoms with Crippen molar-refractivity contribution in [2.75, 3.05) is 26.2 Å². The number of non-ortho nitro benzene ring substituents is 2. The minimum atomic E-state index is -0.393. The van der Waals surface area contributed by atoms with Gasteiger partial charge >= 0.3 is 0 Å². The fourth-order valence-corrected chi connectivity index (χ4v) is 6.76. The van der Waals surface area contributed by atoms with Crippen LogP contribution in [0.5, 0.6) is 0 Å². The Morgan fingerprint density at radius 1 is 0.735 bits per heavy atom. The highest BCUT2D eigenvalue weighted by Gasteiger charge is 2.20. The molecule has 0 saturated carbocycles. The molecule has 0 spiro atoms. The zero-order valence-electron chi connectivity index (χ0n) is 17.7. The lowest BCUT2D eigenvalue weighted by Gasteiger charge is -2.35. The quantitative estimate of drug-likeness (QED) is 0.188. The molecule has 0 bridgehead atoms. The third kappa shape index (κ3) is 4.39. The van der Waals surface area contributed by atoms with Crippen molar-refractivity contribution in [3.05, 3.63) is 64.5 Å². The third-order valence-corrected chi connectivity index (χ3v) is 8.70. The summed E-state index contributed by atoms with van der Waals surface area (Å²) in [7, 11) is 0. The van der Waals surface area contributed by atoms with Crippen LogP contribution in [0.25, 0.3) is 20.4 Å². The summed E-state index contributed by atoms with van der Waals surface area (Å²) in [5, 5.41) is 22.1. The number of fused-ring (bicyclic) bond motifs is 2. The molecule has 1 aliphatic rings. The molecular weight excluding hydrogens is 517 g/mol. The predicted octanol–water partition coefficient (Wildman–Crippen LogP) is 5.23. The first-order chi connectivity index (χ1) is 16.3. The Labute approximate surface area is 211 Å². The molecule has 1 fully saturated rings. The lowest BCUT2D eigenvalue weighted by molar-refractivity contribution is -0.384. The molecule has 0 amide bonds. The Morgan fingerprint density at radius 3 is 1.47 bits per heavy atom. The van der Waals surface area contributed by atoms with E-state index in [1.807, 2.05) is 9.13 Å². The van der Waals surface area contributed by atoms with Gasteiger partial charge in [0.1, 0.15) is 0 Å². The van der Waals surface area contributed by atoms with Crippen LogP contribution in [-0.4, -0.2) is 55.0 Å². The van der Waals surface area contributed by atoms with Crippen molar-refractivity contribution >= 4 is 78.9 Å². The van der Waals surface area contributed by atoms with Crippen LogP contribution in [0.15, 0.2) is 36.4 Å². The monoisotopic (exact) mass is 534 g/mol. The van der Waals surface area contributed by atoms with Gasteiger partial charge in [-0.3, -0.25) is 30.0 Å². The number of rotatable bonds is 6. The van der Waals surface area contributed by atoms with Crippen LogP contribution in [-0.2, 0) is 13.3 Å². The number of thiazole rings is 2. The smallest absolute Gasteiger partial charge is 0.270 e. The van der Waals surface area contributed by atoms with Gasteiger partial charge in [0.2, 0.25) is 0 Å². The molecule has 5 rings (SSSR count). The highest BCUT2D eigenvalue weighted by Crippen LogP contribution is 2.29. The molecule has 1 saturated heterocycles. The summed E-state index contributed by atoms with van der Waals surface area (Å²) in [5.74, 6) is 0. The topological polar surface area (TPSA) is 103 Å². The number of hydrogen-bond acceptors (Lipinski definition) is 10. The molecule has 0 unspecified atom stereocenters. The highest BCUT2D eigenvalue weighted by atomic mass is 32.2. The van der Waals surface area contributed by atoms with Crippen molar-refractivity contribution in [1.82, 2.24) is 18.9 Å². The lowest BCUT2D eigenvalue weighted by Crippen LogP contribution is -2.47. The maximum Gasteiger partial charge on any atom is 0.270 e. The molecule has 2 aromatic carbocycles. The summed E-state index contributed by atoms with van der Waals surface area (Å²) < 4.78 is 7.09. The summed E-state index contributed by atoms with van der Waals surface area (Å²) >= 11 is 13.8. The van der Waals surface area contributed by atoms with Gasteiger partial charge in [-0.2, -0.15) is 0 Å². The molecule has 10 nitrogen and oxygen atoms in total. The predicted molar refractivity (Wildman–Crippen MR) is 138 cm³/mol. The van der Waals surface area contributed by atoms with Crippen LogP contribution >= 0.6 is 47.1 Å². The fraction of sp³-hybridized carbons (Fsp3) is 0.300. The van der Waals surface area contributed by atoms with Gasteiger partial charge in [0.05, 0.1) is 43.6 Å². The summed E-state index contributed by atoms with van der Waals surface area (Å²) in [4.78, 5) is 26.0. The minimum Gasteiger partial charge on any atom is -0.309 e. The van der Waals surface area contributed by atoms with E-state index in [1.54, 1.807) is 24.3 Å². The molecule has 0 radical (unpaired) electrons. The molecule has 4 aromatic rings. The second-order valence-corrected chi connectivity index (χ2v) is 11.3. The van der Waals surface area contributed by atoms with Gasteiger partial charge in [0.15, 0.2) is 7.91 Å². The van der Waals surface area contributed by atoms with E-state index in [0.717, 1.165) is 46.6 Å². The second kappa shape index (κ2) is 9.20. The summed E-state index contributed by atoms with van der Waals surface area (Å²) in [6, 6.07) is 9.72. The molecule has 2 aromatic heterocycles. The van der Waals surface area contributed by atoms with Crippen molar-refractivity contribution < 1.29 is 9.85 Å². The number of nitro benzene ring substituents is 2. The number of piperazine rings is 1. The Balaban J connectivity index is 1.27. The minimum absolute atomic E-state index is 0.0682. The Hall–Kier alpha value is -2.62. The van der Waals surface area contributed by atoms with E-state index in [9.17, 15) is 20.2 Å². The van der Waals surface area contributed by atoms with Crippen LogP contribution in [0.4, 0.5) is 11.4 Å². The van der Waals surface area contributed by atoms with E-state index < -0.39 is 9.85 Å². The number of nitrogens with zero attached hydrogens (tertiary/aromatic N) is 6. The third-order valence-electron chi connectivity index (χ3n) is 5.87. The Kier molecular flexibility index (Phi) is 6.26. The summed E-state index contributed by atoms with van der Waals surface area (Å²) in [6.45, 7) is 4.63. The standard InChI is InChI=1S/C20H18N6O4S4/c27-25(28)13-1-3-15-17(9-13)33-19(31)23(15)11-21-5-7-22(8-6-21)12-24-16-4-2-14(26(29)30)10-18(16)34-20(24)32/h1-4,9-10H,5-8,11-12H2. The Bertz CT molecular complexity index is 1430. The van der Waals surface area contributed by atoms with E-state index >= 15 is 0 Å². The number of aromatic nitrogens is 2. The first-order valence-electron chi connectivity index (χ1n) is 10.3. The van der Waals surface area contributed by atoms with Crippen LogP contribution in [0.2, 0.25) is 0 Å². The van der Waals surface area contributed by atoms with Crippen molar-refractivity contribution in [1.29, 1.82) is 0 Å². The molecule has 1 aliphatic heterocycles. The van der Waals surface area contributed by atoms with E-state index in [4.69, 9.17) is 24.4 Å². The van der Waals surface area contributed by atoms with Crippen molar-refractivity contribution in [3.63, 3.8) is 0 Å². The van der Waals surface area contributed by atoms with Gasteiger partial charge in [0.25, 0.3) is 11.4 Å². The summed E-state index contributed by atoms with van der Waals surface area (Å²) in [5.41, 5.74) is 1.96. The first-order valence-corrected chi connectivity index (χ1v) is 12.8. The van der Waals surface area contributed by atoms with Crippen molar-refractivity contribution in [3.8, 4) is 0 Å². The zero-order valence-corrected chi connectivity index (χ0v) is 20.9. The molecule has 0 aliphatic carbocycles. The van der Waals surface area contributed by atoms with E-state index in [2.05, 4.69) is 9.80 Å². The van der Waals surface area contributed by atoms with E-state index in [0.29, 0.717) is 21.2 Å². The van der Waals surface area contributed by atoms with Gasteiger partial charge in [-0.15, -0.1) is 22.7 Å². The maximum atomic E-state index is 11.1. The van der Waals surface area contributed by atoms with Gasteiger partial charge < -0.3 is 9.13 Å². The molecule has 34 heavy (non-hydrogen) atoms. The SMILES string of the molecule is O=[N+]([O-])c1ccc2c(c1)sc(=S)n2CN1CCN(Cn2c(=S)sc3cc([N+](=O)[O-])ccc32)CC1. The highest BCUT2D eigenvalue weighted by molar-refractivity contribution is 7.74. The summed E-state index contributed by atoms with van der Waals surface area (Å²) in [6.07, 6.45) is 0. The molecule has 0 atom stereocenters. The zero-order chi connectivity index (χ0) is 24.0. The van der Waals surface area contributed by atoms with Crippen LogP contribution in [0.1, 0.15) is 0 Å². The Morgan fingerprint density at radius 2 is 1.12 bits per heavy atom. The van der Waals surface area contributed by atoms with Crippen molar-refractivity contribution in [2.24, 2.45) is 0 Å². The van der Waals surface area contributed by atoms with Crippen LogP contribution in [0.3, 0.4) is 0 Å². The molecule has 0 N–H and O–H groups in total. The molecule has 14 heteroatoms. The fourth-order valence-electron chi connectivity index (χ4n) is 4.08. The van der Waals surface area contributed by atoms with E-state index in [1.165, 1.54) is 34.8 Å². The van der Waals surface area contributed by atoms with Gasteiger partial charge in [-0.05, 0) is 36.6 Å². The van der Waals surface area contributed by atoms with Gasteiger partial charge in [-0.25, -0.2) is 0 Å². The first kappa shape index (κ1) is 23.1. The van der Waals surface area contributed by atoms with Crippen molar-refractivity contribution in [2.45, 2.75) is 13.3 Å². The lowest BCUT2D eigenvalue weighted by atomic mass is 10.3. The number of benzene rings is 2. The second-order valence-electron chi connectivity index (χ2n) is 7.93. The average Bonchev–Trinajstić information content (AvgIpc) is 3.29. The largest absolute Gasteiger partial charge is 0.309 e. The number of nitro groups is 2. The van der Waals surface area contributed by atoms with Crippen LogP contribution in [0, 0.1) is 28.1 Å². The average molecular weight is 535 g/mol.